The Morgan fingerprint density at radius 2 is 1.79 bits per heavy atom. The molecule has 2 aromatic rings. The van der Waals surface area contributed by atoms with Gasteiger partial charge in [-0.2, -0.15) is 9.40 Å². The minimum absolute atomic E-state index is 0.00118. The van der Waals surface area contributed by atoms with Gasteiger partial charge >= 0.3 is 0 Å². The molecule has 0 radical (unpaired) electrons. The minimum atomic E-state index is -3.54. The molecule has 2 unspecified atom stereocenters. The second-order valence-electron chi connectivity index (χ2n) is 8.44. The molecule has 1 aromatic heterocycles. The Labute approximate surface area is 173 Å². The van der Waals surface area contributed by atoms with Crippen molar-refractivity contribution in [3.63, 3.8) is 0 Å². The zero-order valence-corrected chi connectivity index (χ0v) is 18.3. The Morgan fingerprint density at radius 3 is 2.34 bits per heavy atom. The van der Waals surface area contributed by atoms with Crippen LogP contribution < -0.4 is 4.74 Å². The smallest absolute Gasteiger partial charge is 0.247 e. The summed E-state index contributed by atoms with van der Waals surface area (Å²) in [4.78, 5) is 0.344. The number of aryl methyl sites for hydroxylation is 3. The van der Waals surface area contributed by atoms with E-state index < -0.39 is 10.0 Å². The fourth-order valence-electron chi connectivity index (χ4n) is 4.91. The van der Waals surface area contributed by atoms with Crippen molar-refractivity contribution in [1.82, 2.24) is 14.5 Å². The number of fused-ring (bicyclic) bond motifs is 2. The third kappa shape index (κ3) is 3.94. The van der Waals surface area contributed by atoms with E-state index in [9.17, 15) is 8.42 Å². The molecular formula is C22H31N3O3S. The predicted octanol–water partition coefficient (Wildman–Crippen LogP) is 4.13. The largest absolute Gasteiger partial charge is 0.490 e. The van der Waals surface area contributed by atoms with Gasteiger partial charge in [0.15, 0.2) is 0 Å². The SMILES string of the molecule is CCCCc1ccc(OC2CC3CCC(C2)N3S(=O)(=O)c2c(C)n[nH]c2C)cc1. The summed E-state index contributed by atoms with van der Waals surface area (Å²) >= 11 is 0. The van der Waals surface area contributed by atoms with Gasteiger partial charge in [0.2, 0.25) is 10.0 Å². The molecule has 0 spiro atoms. The predicted molar refractivity (Wildman–Crippen MR) is 113 cm³/mol. The van der Waals surface area contributed by atoms with Gasteiger partial charge in [-0.3, -0.25) is 5.10 Å². The number of hydrogen-bond donors (Lipinski definition) is 1. The second-order valence-corrected chi connectivity index (χ2v) is 10.2. The molecule has 2 aliphatic rings. The number of hydrogen-bond acceptors (Lipinski definition) is 4. The summed E-state index contributed by atoms with van der Waals surface area (Å²) in [6.45, 7) is 5.72. The topological polar surface area (TPSA) is 75.3 Å². The number of nitrogens with zero attached hydrogens (tertiary/aromatic N) is 2. The molecule has 29 heavy (non-hydrogen) atoms. The van der Waals surface area contributed by atoms with Gasteiger partial charge in [0.1, 0.15) is 16.7 Å². The summed E-state index contributed by atoms with van der Waals surface area (Å²) in [5.74, 6) is 0.882. The molecule has 0 aliphatic carbocycles. The minimum Gasteiger partial charge on any atom is -0.490 e. The van der Waals surface area contributed by atoms with Gasteiger partial charge in [0.05, 0.1) is 11.4 Å². The van der Waals surface area contributed by atoms with Crippen molar-refractivity contribution in [1.29, 1.82) is 0 Å². The van der Waals surface area contributed by atoms with Crippen LogP contribution in [-0.4, -0.2) is 41.1 Å². The number of benzene rings is 1. The summed E-state index contributed by atoms with van der Waals surface area (Å²) in [6, 6.07) is 8.39. The van der Waals surface area contributed by atoms with Crippen LogP contribution in [0.15, 0.2) is 29.2 Å². The van der Waals surface area contributed by atoms with E-state index in [1.54, 1.807) is 18.2 Å². The second kappa shape index (κ2) is 8.11. The Balaban J connectivity index is 1.45. The van der Waals surface area contributed by atoms with E-state index in [2.05, 4.69) is 29.3 Å². The molecule has 6 nitrogen and oxygen atoms in total. The summed E-state index contributed by atoms with van der Waals surface area (Å²) in [5.41, 5.74) is 2.50. The monoisotopic (exact) mass is 417 g/mol. The Hall–Kier alpha value is -1.86. The quantitative estimate of drug-likeness (QED) is 0.735. The number of nitrogens with one attached hydrogen (secondary N) is 1. The van der Waals surface area contributed by atoms with E-state index in [0.29, 0.717) is 16.3 Å². The fourth-order valence-corrected chi connectivity index (χ4v) is 7.14. The van der Waals surface area contributed by atoms with Crippen molar-refractivity contribution < 1.29 is 13.2 Å². The van der Waals surface area contributed by atoms with Gasteiger partial charge in [-0.1, -0.05) is 25.5 Å². The third-order valence-corrected chi connectivity index (χ3v) is 8.53. The molecule has 2 saturated heterocycles. The Morgan fingerprint density at radius 1 is 1.14 bits per heavy atom. The van der Waals surface area contributed by atoms with Crippen molar-refractivity contribution in [3.8, 4) is 5.75 Å². The lowest BCUT2D eigenvalue weighted by Gasteiger charge is -2.37. The molecule has 7 heteroatoms. The number of aromatic amines is 1. The summed E-state index contributed by atoms with van der Waals surface area (Å²) in [5, 5.41) is 6.90. The molecule has 1 N–H and O–H groups in total. The van der Waals surface area contributed by atoms with E-state index >= 15 is 0 Å². The van der Waals surface area contributed by atoms with Crippen LogP contribution in [0.3, 0.4) is 0 Å². The molecule has 2 atom stereocenters. The normalized spacial score (nSPS) is 24.7. The molecule has 2 bridgehead atoms. The summed E-state index contributed by atoms with van der Waals surface area (Å²) in [6.07, 6.45) is 6.83. The first-order valence-corrected chi connectivity index (χ1v) is 12.1. The number of sulfonamides is 1. The Kier molecular flexibility index (Phi) is 5.71. The molecular weight excluding hydrogens is 386 g/mol. The van der Waals surface area contributed by atoms with Crippen molar-refractivity contribution in [2.75, 3.05) is 0 Å². The molecule has 2 fully saturated rings. The van der Waals surface area contributed by atoms with Gasteiger partial charge in [-0.15, -0.1) is 0 Å². The van der Waals surface area contributed by atoms with Crippen molar-refractivity contribution in [2.45, 2.75) is 88.8 Å². The number of piperidine rings is 1. The third-order valence-electron chi connectivity index (χ3n) is 6.26. The maximum atomic E-state index is 13.4. The molecule has 1 aromatic carbocycles. The molecule has 158 valence electrons. The van der Waals surface area contributed by atoms with Crippen LogP contribution in [0.4, 0.5) is 0 Å². The van der Waals surface area contributed by atoms with Gasteiger partial charge in [0, 0.05) is 24.9 Å². The van der Waals surface area contributed by atoms with Crippen molar-refractivity contribution in [3.05, 3.63) is 41.2 Å². The Bertz CT molecular complexity index is 919. The lowest BCUT2D eigenvalue weighted by Crippen LogP contribution is -2.49. The standard InChI is InChI=1S/C22H31N3O3S/c1-4-5-6-17-7-11-20(12-8-17)28-21-13-18-9-10-19(14-21)25(18)29(26,27)22-15(2)23-24-16(22)3/h7-8,11-12,18-19,21H,4-6,9-10,13-14H2,1-3H3,(H,23,24). The van der Waals surface area contributed by atoms with E-state index in [-0.39, 0.29) is 18.2 Å². The highest BCUT2D eigenvalue weighted by atomic mass is 32.2. The van der Waals surface area contributed by atoms with Crippen LogP contribution in [0, 0.1) is 13.8 Å². The number of ether oxygens (including phenoxy) is 1. The highest BCUT2D eigenvalue weighted by Gasteiger charge is 2.48. The lowest BCUT2D eigenvalue weighted by molar-refractivity contribution is 0.0956. The first-order chi connectivity index (χ1) is 13.9. The molecule has 4 rings (SSSR count). The average Bonchev–Trinajstić information content (AvgIpc) is 3.18. The van der Waals surface area contributed by atoms with Gasteiger partial charge in [-0.25, -0.2) is 8.42 Å². The van der Waals surface area contributed by atoms with Crippen molar-refractivity contribution in [2.24, 2.45) is 0 Å². The zero-order valence-electron chi connectivity index (χ0n) is 17.5. The molecule has 0 amide bonds. The molecule has 3 heterocycles. The average molecular weight is 418 g/mol. The first kappa shape index (κ1) is 20.4. The highest BCUT2D eigenvalue weighted by Crippen LogP contribution is 2.41. The lowest BCUT2D eigenvalue weighted by atomic mass is 10.0. The maximum Gasteiger partial charge on any atom is 0.247 e. The molecule has 0 saturated carbocycles. The zero-order chi connectivity index (χ0) is 20.6. The van der Waals surface area contributed by atoms with Gasteiger partial charge in [0.25, 0.3) is 0 Å². The van der Waals surface area contributed by atoms with E-state index in [4.69, 9.17) is 4.74 Å². The summed E-state index contributed by atoms with van der Waals surface area (Å²) < 4.78 is 34.7. The van der Waals surface area contributed by atoms with Crippen LogP contribution in [0.1, 0.15) is 62.4 Å². The number of rotatable bonds is 7. The van der Waals surface area contributed by atoms with Crippen LogP contribution >= 0.6 is 0 Å². The number of unbranched alkanes of at least 4 members (excludes halogenated alkanes) is 1. The maximum absolute atomic E-state index is 13.4. The van der Waals surface area contributed by atoms with Gasteiger partial charge in [-0.05, 0) is 57.2 Å². The fraction of sp³-hybridized carbons (Fsp3) is 0.591. The van der Waals surface area contributed by atoms with Crippen LogP contribution in [-0.2, 0) is 16.4 Å². The number of aromatic nitrogens is 2. The van der Waals surface area contributed by atoms with Crippen molar-refractivity contribution >= 4 is 10.0 Å². The van der Waals surface area contributed by atoms with Crippen LogP contribution in [0.25, 0.3) is 0 Å². The van der Waals surface area contributed by atoms with Crippen LogP contribution in [0.2, 0.25) is 0 Å². The number of H-pyrrole nitrogens is 1. The summed E-state index contributed by atoms with van der Waals surface area (Å²) in [7, 11) is -3.54. The van der Waals surface area contributed by atoms with E-state index in [1.165, 1.54) is 18.4 Å². The van der Waals surface area contributed by atoms with Crippen LogP contribution in [0.5, 0.6) is 5.75 Å². The van der Waals surface area contributed by atoms with E-state index in [0.717, 1.165) is 37.9 Å². The van der Waals surface area contributed by atoms with Gasteiger partial charge < -0.3 is 4.74 Å². The van der Waals surface area contributed by atoms with E-state index in [1.807, 2.05) is 12.1 Å². The molecule has 2 aliphatic heterocycles. The highest BCUT2D eigenvalue weighted by molar-refractivity contribution is 7.89. The first-order valence-electron chi connectivity index (χ1n) is 10.7.